The summed E-state index contributed by atoms with van der Waals surface area (Å²) in [4.78, 5) is 11.8. The van der Waals surface area contributed by atoms with Crippen LogP contribution in [0.5, 0.6) is 5.75 Å². The molecule has 0 spiro atoms. The molecular weight excluding hydrogens is 359 g/mol. The van der Waals surface area contributed by atoms with Crippen molar-refractivity contribution in [3.63, 3.8) is 0 Å². The molecule has 2 rings (SSSR count). The van der Waals surface area contributed by atoms with Crippen LogP contribution in [0.4, 0.5) is 0 Å². The van der Waals surface area contributed by atoms with E-state index in [0.29, 0.717) is 15.8 Å². The van der Waals surface area contributed by atoms with Crippen LogP contribution in [-0.4, -0.2) is 18.7 Å². The Morgan fingerprint density at radius 3 is 2.48 bits per heavy atom. The molecule has 0 saturated carbocycles. The number of carbonyl (C=O) groups excluding carboxylic acids is 1. The lowest BCUT2D eigenvalue weighted by molar-refractivity contribution is -0.123. The summed E-state index contributed by atoms with van der Waals surface area (Å²) < 4.78 is 5.33. The Morgan fingerprint density at radius 2 is 1.84 bits per heavy atom. The third-order valence-electron chi connectivity index (χ3n) is 3.43. The minimum atomic E-state index is -0.390. The van der Waals surface area contributed by atoms with Crippen LogP contribution in [-0.2, 0) is 10.2 Å². The fourth-order valence-electron chi connectivity index (χ4n) is 2.01. The molecule has 0 bridgehead atoms. The van der Waals surface area contributed by atoms with Crippen molar-refractivity contribution in [2.75, 3.05) is 6.61 Å². The first kappa shape index (κ1) is 19.3. The van der Waals surface area contributed by atoms with E-state index in [1.807, 2.05) is 24.3 Å². The molecule has 0 aliphatic rings. The maximum absolute atomic E-state index is 11.8. The lowest BCUT2D eigenvalue weighted by atomic mass is 9.87. The van der Waals surface area contributed by atoms with Crippen LogP contribution >= 0.6 is 23.2 Å². The molecule has 0 radical (unpaired) electrons. The zero-order valence-electron chi connectivity index (χ0n) is 14.3. The Kier molecular flexibility index (Phi) is 6.45. The minimum Gasteiger partial charge on any atom is -0.482 e. The third-order valence-corrected chi connectivity index (χ3v) is 3.98. The smallest absolute Gasteiger partial charge is 0.277 e. The van der Waals surface area contributed by atoms with Crippen molar-refractivity contribution in [3.8, 4) is 5.75 Å². The summed E-state index contributed by atoms with van der Waals surface area (Å²) in [5.74, 6) is -0.0373. The fourth-order valence-corrected chi connectivity index (χ4v) is 2.35. The molecule has 0 heterocycles. The molecule has 2 aromatic carbocycles. The molecule has 0 unspecified atom stereocenters. The molecule has 0 fully saturated rings. The number of carbonyl (C=O) groups is 1. The van der Waals surface area contributed by atoms with Crippen molar-refractivity contribution in [2.24, 2.45) is 5.10 Å². The molecule has 2 aromatic rings. The van der Waals surface area contributed by atoms with Crippen molar-refractivity contribution in [2.45, 2.75) is 26.2 Å². The monoisotopic (exact) mass is 378 g/mol. The maximum atomic E-state index is 11.8. The zero-order valence-corrected chi connectivity index (χ0v) is 15.9. The summed E-state index contributed by atoms with van der Waals surface area (Å²) in [5.41, 5.74) is 4.64. The van der Waals surface area contributed by atoms with Gasteiger partial charge in [-0.2, -0.15) is 5.10 Å². The highest BCUT2D eigenvalue weighted by Crippen LogP contribution is 2.27. The first-order chi connectivity index (χ1) is 11.8. The largest absolute Gasteiger partial charge is 0.482 e. The SMILES string of the molecule is CC(C)(C)c1ccc(/C=N/NC(=O)COc2cc(Cl)ccc2Cl)cc1. The van der Waals surface area contributed by atoms with Crippen LogP contribution in [0.2, 0.25) is 10.0 Å². The van der Waals surface area contributed by atoms with Gasteiger partial charge < -0.3 is 4.74 Å². The Balaban J connectivity index is 1.85. The number of amides is 1. The van der Waals surface area contributed by atoms with Gasteiger partial charge in [0.25, 0.3) is 5.91 Å². The van der Waals surface area contributed by atoms with Crippen molar-refractivity contribution >= 4 is 35.3 Å². The van der Waals surface area contributed by atoms with E-state index in [1.165, 1.54) is 5.56 Å². The van der Waals surface area contributed by atoms with Gasteiger partial charge in [0.1, 0.15) is 5.75 Å². The summed E-state index contributed by atoms with van der Waals surface area (Å²) in [6.45, 7) is 6.26. The second-order valence-electron chi connectivity index (χ2n) is 6.53. The van der Waals surface area contributed by atoms with Crippen molar-refractivity contribution in [1.29, 1.82) is 0 Å². The van der Waals surface area contributed by atoms with Crippen LogP contribution in [0.25, 0.3) is 0 Å². The molecule has 0 saturated heterocycles. The standard InChI is InChI=1S/C19H20Cl2N2O2/c1-19(2,3)14-6-4-13(5-7-14)11-22-23-18(24)12-25-17-10-15(20)8-9-16(17)21/h4-11H,12H2,1-3H3,(H,23,24)/b22-11+. The third kappa shape index (κ3) is 6.07. The molecule has 0 aliphatic carbocycles. The summed E-state index contributed by atoms with van der Waals surface area (Å²) in [6, 6.07) is 12.8. The molecule has 6 heteroatoms. The Bertz CT molecular complexity index is 766. The van der Waals surface area contributed by atoms with Gasteiger partial charge >= 0.3 is 0 Å². The van der Waals surface area contributed by atoms with Gasteiger partial charge in [0.15, 0.2) is 6.61 Å². The van der Waals surface area contributed by atoms with E-state index in [2.05, 4.69) is 31.3 Å². The highest BCUT2D eigenvalue weighted by atomic mass is 35.5. The quantitative estimate of drug-likeness (QED) is 0.598. The molecule has 4 nitrogen and oxygen atoms in total. The maximum Gasteiger partial charge on any atom is 0.277 e. The average Bonchev–Trinajstić information content (AvgIpc) is 2.55. The summed E-state index contributed by atoms with van der Waals surface area (Å²) in [6.07, 6.45) is 1.58. The number of hydrazone groups is 1. The number of benzene rings is 2. The van der Waals surface area contributed by atoms with Crippen LogP contribution in [0, 0.1) is 0 Å². The first-order valence-corrected chi connectivity index (χ1v) is 8.51. The zero-order chi connectivity index (χ0) is 18.4. The van der Waals surface area contributed by atoms with Gasteiger partial charge in [-0.25, -0.2) is 5.43 Å². The lowest BCUT2D eigenvalue weighted by Crippen LogP contribution is -2.24. The van der Waals surface area contributed by atoms with E-state index >= 15 is 0 Å². The van der Waals surface area contributed by atoms with Crippen molar-refractivity contribution in [1.82, 2.24) is 5.43 Å². The van der Waals surface area contributed by atoms with Gasteiger partial charge in [-0.1, -0.05) is 68.2 Å². The normalized spacial score (nSPS) is 11.6. The fraction of sp³-hybridized carbons (Fsp3) is 0.263. The van der Waals surface area contributed by atoms with Gasteiger partial charge in [0.2, 0.25) is 0 Å². The Labute approximate surface area is 157 Å². The second-order valence-corrected chi connectivity index (χ2v) is 7.37. The number of ether oxygens (including phenoxy) is 1. The van der Waals surface area contributed by atoms with Gasteiger partial charge in [0.05, 0.1) is 11.2 Å². The number of halogens is 2. The van der Waals surface area contributed by atoms with Gasteiger partial charge in [0, 0.05) is 11.1 Å². The molecular formula is C19H20Cl2N2O2. The Hall–Kier alpha value is -2.04. The van der Waals surface area contributed by atoms with Crippen molar-refractivity contribution < 1.29 is 9.53 Å². The number of rotatable bonds is 5. The van der Waals surface area contributed by atoms with Gasteiger partial charge in [-0.05, 0) is 28.7 Å². The van der Waals surface area contributed by atoms with Gasteiger partial charge in [-0.15, -0.1) is 0 Å². The highest BCUT2D eigenvalue weighted by molar-refractivity contribution is 6.34. The van der Waals surface area contributed by atoms with E-state index in [-0.39, 0.29) is 12.0 Å². The minimum absolute atomic E-state index is 0.100. The molecule has 132 valence electrons. The lowest BCUT2D eigenvalue weighted by Gasteiger charge is -2.18. The van der Waals surface area contributed by atoms with E-state index in [9.17, 15) is 4.79 Å². The van der Waals surface area contributed by atoms with E-state index in [1.54, 1.807) is 24.4 Å². The number of hydrogen-bond acceptors (Lipinski definition) is 3. The van der Waals surface area contributed by atoms with E-state index < -0.39 is 5.91 Å². The van der Waals surface area contributed by atoms with Gasteiger partial charge in [-0.3, -0.25) is 4.79 Å². The topological polar surface area (TPSA) is 50.7 Å². The average molecular weight is 379 g/mol. The van der Waals surface area contributed by atoms with Crippen molar-refractivity contribution in [3.05, 3.63) is 63.6 Å². The van der Waals surface area contributed by atoms with Crippen LogP contribution in [0.3, 0.4) is 0 Å². The Morgan fingerprint density at radius 1 is 1.16 bits per heavy atom. The first-order valence-electron chi connectivity index (χ1n) is 7.76. The summed E-state index contributed by atoms with van der Waals surface area (Å²) in [7, 11) is 0. The molecule has 0 aromatic heterocycles. The molecule has 0 aliphatic heterocycles. The number of nitrogens with zero attached hydrogens (tertiary/aromatic N) is 1. The summed E-state index contributed by atoms with van der Waals surface area (Å²) in [5, 5.41) is 4.79. The molecule has 1 N–H and O–H groups in total. The summed E-state index contributed by atoms with van der Waals surface area (Å²) >= 11 is 11.8. The number of nitrogens with one attached hydrogen (secondary N) is 1. The molecule has 0 atom stereocenters. The van der Waals surface area contributed by atoms with E-state index in [0.717, 1.165) is 5.56 Å². The highest BCUT2D eigenvalue weighted by Gasteiger charge is 2.12. The van der Waals surface area contributed by atoms with Crippen LogP contribution in [0.15, 0.2) is 47.6 Å². The number of hydrogen-bond donors (Lipinski definition) is 1. The molecule has 1 amide bonds. The molecule has 25 heavy (non-hydrogen) atoms. The predicted octanol–water partition coefficient (Wildman–Crippen LogP) is 4.82. The predicted molar refractivity (Wildman–Crippen MR) is 103 cm³/mol. The van der Waals surface area contributed by atoms with E-state index in [4.69, 9.17) is 27.9 Å². The second kappa shape index (κ2) is 8.37. The van der Waals surface area contributed by atoms with Crippen LogP contribution < -0.4 is 10.2 Å². The van der Waals surface area contributed by atoms with Crippen LogP contribution in [0.1, 0.15) is 31.9 Å².